The molecule has 3 N–H and O–H groups in total. The number of nitrogens with two attached hydrogens (primary N) is 1. The Labute approximate surface area is 117 Å². The van der Waals surface area contributed by atoms with Crippen molar-refractivity contribution in [3.8, 4) is 0 Å². The second-order valence-electron chi connectivity index (χ2n) is 4.48. The van der Waals surface area contributed by atoms with Gasteiger partial charge in [0.05, 0.1) is 5.02 Å². The van der Waals surface area contributed by atoms with Crippen molar-refractivity contribution in [1.82, 2.24) is 4.72 Å². The smallest absolute Gasteiger partial charge is 0.242 e. The molecule has 1 aromatic carbocycles. The number of hydrogen-bond donors (Lipinski definition) is 2. The van der Waals surface area contributed by atoms with Gasteiger partial charge in [0.2, 0.25) is 10.0 Å². The van der Waals surface area contributed by atoms with Crippen LogP contribution in [0.15, 0.2) is 23.1 Å². The van der Waals surface area contributed by atoms with Gasteiger partial charge in [-0.3, -0.25) is 0 Å². The van der Waals surface area contributed by atoms with Crippen LogP contribution in [0.2, 0.25) is 5.02 Å². The molecule has 0 saturated heterocycles. The summed E-state index contributed by atoms with van der Waals surface area (Å²) < 4.78 is 26.6. The number of rotatable bonds is 5. The summed E-state index contributed by atoms with van der Waals surface area (Å²) in [6.45, 7) is 4.24. The van der Waals surface area contributed by atoms with Gasteiger partial charge in [-0.05, 0) is 38.3 Å². The maximum absolute atomic E-state index is 12.1. The van der Waals surface area contributed by atoms with Crippen molar-refractivity contribution in [2.45, 2.75) is 23.5 Å². The standard InChI is InChI=1S/C11H17ClN2O2S2/c1-11(2,17-3)7-14-18(15,16)10-6-8(13)4-5-9(10)12/h4-6,14H,7,13H2,1-3H3. The molecule has 0 bridgehead atoms. The SMILES string of the molecule is CSC(C)(C)CNS(=O)(=O)c1cc(N)ccc1Cl. The average Bonchev–Trinajstić information content (AvgIpc) is 2.30. The van der Waals surface area contributed by atoms with E-state index in [1.54, 1.807) is 17.8 Å². The lowest BCUT2D eigenvalue weighted by molar-refractivity contribution is 0.571. The van der Waals surface area contributed by atoms with Gasteiger partial charge in [-0.2, -0.15) is 11.8 Å². The number of hydrogen-bond acceptors (Lipinski definition) is 4. The summed E-state index contributed by atoms with van der Waals surface area (Å²) in [6, 6.07) is 4.40. The Bertz CT molecular complexity index is 530. The molecule has 0 radical (unpaired) electrons. The first-order valence-electron chi connectivity index (χ1n) is 5.28. The highest BCUT2D eigenvalue weighted by atomic mass is 35.5. The number of thioether (sulfide) groups is 1. The summed E-state index contributed by atoms with van der Waals surface area (Å²) in [4.78, 5) is 0.0149. The second-order valence-corrected chi connectivity index (χ2v) is 8.13. The maximum Gasteiger partial charge on any atom is 0.242 e. The first-order valence-corrected chi connectivity index (χ1v) is 8.36. The molecule has 0 atom stereocenters. The minimum atomic E-state index is -3.63. The Kier molecular flexibility index (Phi) is 4.94. The molecule has 0 aliphatic carbocycles. The zero-order chi connectivity index (χ0) is 14.0. The summed E-state index contributed by atoms with van der Waals surface area (Å²) >= 11 is 7.47. The van der Waals surface area contributed by atoms with E-state index in [1.807, 2.05) is 20.1 Å². The van der Waals surface area contributed by atoms with E-state index in [0.717, 1.165) is 0 Å². The van der Waals surface area contributed by atoms with E-state index in [1.165, 1.54) is 12.1 Å². The molecule has 0 spiro atoms. The molecule has 18 heavy (non-hydrogen) atoms. The Hall–Kier alpha value is -0.430. The zero-order valence-corrected chi connectivity index (χ0v) is 12.9. The van der Waals surface area contributed by atoms with E-state index in [2.05, 4.69) is 4.72 Å². The van der Waals surface area contributed by atoms with Crippen LogP contribution in [-0.2, 0) is 10.0 Å². The molecule has 0 aromatic heterocycles. The number of sulfonamides is 1. The van der Waals surface area contributed by atoms with Gasteiger partial charge < -0.3 is 5.73 Å². The number of nitrogens with one attached hydrogen (secondary N) is 1. The van der Waals surface area contributed by atoms with Crippen LogP contribution in [0.3, 0.4) is 0 Å². The van der Waals surface area contributed by atoms with Crippen LogP contribution in [0.5, 0.6) is 0 Å². The lowest BCUT2D eigenvalue weighted by Gasteiger charge is -2.22. The molecule has 0 saturated carbocycles. The monoisotopic (exact) mass is 308 g/mol. The van der Waals surface area contributed by atoms with Crippen molar-refractivity contribution < 1.29 is 8.42 Å². The summed E-state index contributed by atoms with van der Waals surface area (Å²) in [5, 5.41) is 0.165. The van der Waals surface area contributed by atoms with Gasteiger partial charge in [0, 0.05) is 17.0 Å². The largest absolute Gasteiger partial charge is 0.399 e. The Morgan fingerprint density at radius 3 is 2.61 bits per heavy atom. The van der Waals surface area contributed by atoms with Gasteiger partial charge in [-0.15, -0.1) is 0 Å². The van der Waals surface area contributed by atoms with Gasteiger partial charge in [0.15, 0.2) is 0 Å². The lowest BCUT2D eigenvalue weighted by Crippen LogP contribution is -2.36. The van der Waals surface area contributed by atoms with Crippen LogP contribution in [0.1, 0.15) is 13.8 Å². The van der Waals surface area contributed by atoms with Crippen molar-refractivity contribution >= 4 is 39.1 Å². The van der Waals surface area contributed by atoms with Crippen molar-refractivity contribution in [3.63, 3.8) is 0 Å². The normalized spacial score (nSPS) is 12.7. The van der Waals surface area contributed by atoms with Crippen LogP contribution in [0, 0.1) is 0 Å². The number of benzene rings is 1. The fraction of sp³-hybridized carbons (Fsp3) is 0.455. The molecule has 0 heterocycles. The van der Waals surface area contributed by atoms with Gasteiger partial charge >= 0.3 is 0 Å². The molecule has 102 valence electrons. The summed E-state index contributed by atoms with van der Waals surface area (Å²) in [5.74, 6) is 0. The van der Waals surface area contributed by atoms with Crippen LogP contribution in [0.25, 0.3) is 0 Å². The van der Waals surface area contributed by atoms with Crippen molar-refractivity contribution in [2.24, 2.45) is 0 Å². The fourth-order valence-corrected chi connectivity index (χ4v) is 3.20. The third-order valence-corrected chi connectivity index (χ3v) is 5.62. The number of anilines is 1. The van der Waals surface area contributed by atoms with E-state index >= 15 is 0 Å². The van der Waals surface area contributed by atoms with Crippen molar-refractivity contribution in [3.05, 3.63) is 23.2 Å². The molecular weight excluding hydrogens is 292 g/mol. The number of halogens is 1. The van der Waals surface area contributed by atoms with Crippen molar-refractivity contribution in [1.29, 1.82) is 0 Å². The highest BCUT2D eigenvalue weighted by Crippen LogP contribution is 2.25. The van der Waals surface area contributed by atoms with Crippen LogP contribution in [0.4, 0.5) is 5.69 Å². The molecule has 7 heteroatoms. The highest BCUT2D eigenvalue weighted by Gasteiger charge is 2.23. The zero-order valence-electron chi connectivity index (χ0n) is 10.5. The lowest BCUT2D eigenvalue weighted by atomic mass is 10.2. The summed E-state index contributed by atoms with van der Waals surface area (Å²) in [5.41, 5.74) is 5.94. The summed E-state index contributed by atoms with van der Waals surface area (Å²) in [6.07, 6.45) is 1.93. The summed E-state index contributed by atoms with van der Waals surface area (Å²) in [7, 11) is -3.63. The van der Waals surface area contributed by atoms with Gasteiger partial charge in [0.1, 0.15) is 4.90 Å². The fourth-order valence-electron chi connectivity index (χ4n) is 1.14. The quantitative estimate of drug-likeness (QED) is 0.819. The molecular formula is C11H17ClN2O2S2. The Morgan fingerprint density at radius 1 is 1.44 bits per heavy atom. The molecule has 4 nitrogen and oxygen atoms in total. The van der Waals surface area contributed by atoms with Gasteiger partial charge in [0.25, 0.3) is 0 Å². The predicted molar refractivity (Wildman–Crippen MR) is 78.6 cm³/mol. The van der Waals surface area contributed by atoms with Gasteiger partial charge in [-0.25, -0.2) is 13.1 Å². The highest BCUT2D eigenvalue weighted by molar-refractivity contribution is 8.00. The molecule has 0 fully saturated rings. The maximum atomic E-state index is 12.1. The van der Waals surface area contributed by atoms with E-state index in [9.17, 15) is 8.42 Å². The van der Waals surface area contributed by atoms with Gasteiger partial charge in [-0.1, -0.05) is 11.6 Å². The van der Waals surface area contributed by atoms with Crippen LogP contribution in [-0.4, -0.2) is 26.0 Å². The molecule has 0 aliphatic rings. The number of nitrogen functional groups attached to an aromatic ring is 1. The predicted octanol–water partition coefficient (Wildman–Crippen LogP) is 2.34. The van der Waals surface area contributed by atoms with E-state index < -0.39 is 10.0 Å². The van der Waals surface area contributed by atoms with E-state index in [-0.39, 0.29) is 14.7 Å². The first kappa shape index (κ1) is 15.6. The minimum Gasteiger partial charge on any atom is -0.399 e. The first-order chi connectivity index (χ1) is 8.18. The van der Waals surface area contributed by atoms with E-state index in [4.69, 9.17) is 17.3 Å². The van der Waals surface area contributed by atoms with Crippen molar-refractivity contribution in [2.75, 3.05) is 18.5 Å². The van der Waals surface area contributed by atoms with E-state index in [0.29, 0.717) is 12.2 Å². The second kappa shape index (κ2) is 5.69. The molecule has 1 aromatic rings. The average molecular weight is 309 g/mol. The third-order valence-electron chi connectivity index (χ3n) is 2.49. The molecule has 0 aliphatic heterocycles. The molecule has 0 unspecified atom stereocenters. The topological polar surface area (TPSA) is 72.2 Å². The molecule has 0 amide bonds. The molecule has 1 rings (SSSR count). The minimum absolute atomic E-state index is 0.0149. The Morgan fingerprint density at radius 2 is 2.06 bits per heavy atom. The third kappa shape index (κ3) is 4.05. The van der Waals surface area contributed by atoms with Crippen LogP contribution < -0.4 is 10.5 Å². The Balaban J connectivity index is 2.97. The van der Waals surface area contributed by atoms with Crippen LogP contribution >= 0.6 is 23.4 Å².